The van der Waals surface area contributed by atoms with Crippen LogP contribution in [0.4, 0.5) is 23.1 Å². The highest BCUT2D eigenvalue weighted by Gasteiger charge is 2.32. The van der Waals surface area contributed by atoms with Gasteiger partial charge >= 0.3 is 0 Å². The summed E-state index contributed by atoms with van der Waals surface area (Å²) in [4.78, 5) is 35.7. The number of nitrogens with one attached hydrogen (secondary N) is 3. The van der Waals surface area contributed by atoms with Gasteiger partial charge in [-0.05, 0) is 55.2 Å². The standard InChI is InChI=1S/C31H33ClN10O2/c1-17-16-42(31-33-15-23(32)29(38-31)36-20-5-4-18-14-34-40(2)25(18)12-20)11-10-24(17)35-19-6-7-21-26(13-19)41(3)39-28(21)22-8-9-27(43)37-30(22)44/h4-7,12-15,17,22,24,35H,8-11,16H2,1-3H3,(H,33,36,38)(H,37,43,44)/t17-,22?,24-/m1/s1. The number of piperidine rings is 2. The van der Waals surface area contributed by atoms with Crippen molar-refractivity contribution in [1.29, 1.82) is 0 Å². The zero-order valence-corrected chi connectivity index (χ0v) is 25.5. The fraction of sp³-hybridized carbons (Fsp3) is 0.355. The van der Waals surface area contributed by atoms with Crippen molar-refractivity contribution in [3.05, 3.63) is 59.5 Å². The summed E-state index contributed by atoms with van der Waals surface area (Å²) in [7, 11) is 3.80. The predicted octanol–water partition coefficient (Wildman–Crippen LogP) is 4.49. The highest BCUT2D eigenvalue weighted by atomic mass is 35.5. The molecule has 0 saturated carbocycles. The van der Waals surface area contributed by atoms with Crippen molar-refractivity contribution in [1.82, 2.24) is 34.8 Å². The van der Waals surface area contributed by atoms with Gasteiger partial charge in [0.05, 0.1) is 35.0 Å². The van der Waals surface area contributed by atoms with Crippen molar-refractivity contribution >= 4 is 68.4 Å². The third-order valence-corrected chi connectivity index (χ3v) is 9.01. The maximum atomic E-state index is 12.5. The second-order valence-electron chi connectivity index (χ2n) is 11.7. The smallest absolute Gasteiger partial charge is 0.235 e. The molecule has 0 spiro atoms. The number of nitrogens with zero attached hydrogens (tertiary/aromatic N) is 7. The Kier molecular flexibility index (Phi) is 7.08. The Balaban J connectivity index is 1.03. The Hall–Kier alpha value is -4.71. The van der Waals surface area contributed by atoms with Crippen LogP contribution in [0.1, 0.15) is 37.8 Å². The molecule has 0 bridgehead atoms. The summed E-state index contributed by atoms with van der Waals surface area (Å²) in [6.45, 7) is 3.80. The molecule has 5 aromatic rings. The van der Waals surface area contributed by atoms with Gasteiger partial charge in [0, 0.05) is 61.8 Å². The molecule has 3 aromatic heterocycles. The Bertz CT molecular complexity index is 1920. The summed E-state index contributed by atoms with van der Waals surface area (Å²) in [5.41, 5.74) is 4.55. The van der Waals surface area contributed by atoms with Crippen molar-refractivity contribution < 1.29 is 9.59 Å². The molecule has 5 heterocycles. The summed E-state index contributed by atoms with van der Waals surface area (Å²) in [5, 5.41) is 21.0. The fourth-order valence-electron chi connectivity index (χ4n) is 6.30. The van der Waals surface area contributed by atoms with Crippen LogP contribution < -0.4 is 20.9 Å². The minimum absolute atomic E-state index is 0.225. The number of rotatable bonds is 6. The van der Waals surface area contributed by atoms with Crippen LogP contribution >= 0.6 is 11.6 Å². The Labute approximate surface area is 258 Å². The van der Waals surface area contributed by atoms with Gasteiger partial charge in [-0.2, -0.15) is 15.2 Å². The summed E-state index contributed by atoms with van der Waals surface area (Å²) in [6.07, 6.45) is 5.19. The van der Waals surface area contributed by atoms with Crippen molar-refractivity contribution in [3.8, 4) is 0 Å². The van der Waals surface area contributed by atoms with Gasteiger partial charge in [0.1, 0.15) is 5.02 Å². The predicted molar refractivity (Wildman–Crippen MR) is 170 cm³/mol. The Morgan fingerprint density at radius 3 is 2.64 bits per heavy atom. The molecule has 13 heteroatoms. The molecule has 12 nitrogen and oxygen atoms in total. The van der Waals surface area contributed by atoms with Crippen LogP contribution in [0.15, 0.2) is 48.8 Å². The van der Waals surface area contributed by atoms with Gasteiger partial charge in [-0.1, -0.05) is 18.5 Å². The number of carbonyl (C=O) groups excluding carboxylic acids is 2. The van der Waals surface area contributed by atoms with E-state index < -0.39 is 5.92 Å². The first-order valence-corrected chi connectivity index (χ1v) is 15.1. The van der Waals surface area contributed by atoms with E-state index in [0.29, 0.717) is 35.5 Å². The maximum absolute atomic E-state index is 12.5. The molecule has 2 aliphatic rings. The molecule has 2 aromatic carbocycles. The average molecular weight is 613 g/mol. The van der Waals surface area contributed by atoms with E-state index in [1.807, 2.05) is 60.0 Å². The van der Waals surface area contributed by atoms with Gasteiger partial charge in [-0.25, -0.2) is 4.98 Å². The molecule has 3 atom stereocenters. The van der Waals surface area contributed by atoms with Crippen molar-refractivity contribution in [2.45, 2.75) is 38.1 Å². The first-order chi connectivity index (χ1) is 21.2. The number of hydrogen-bond acceptors (Lipinski definition) is 9. The first-order valence-electron chi connectivity index (χ1n) is 14.8. The molecule has 2 fully saturated rings. The van der Waals surface area contributed by atoms with Crippen LogP contribution in [0.3, 0.4) is 0 Å². The average Bonchev–Trinajstić information content (AvgIpc) is 3.54. The molecular weight excluding hydrogens is 580 g/mol. The zero-order chi connectivity index (χ0) is 30.5. The van der Waals surface area contributed by atoms with Crippen LogP contribution in [0.2, 0.25) is 5.02 Å². The fourth-order valence-corrected chi connectivity index (χ4v) is 6.44. The van der Waals surface area contributed by atoms with Gasteiger partial charge in [-0.3, -0.25) is 24.3 Å². The summed E-state index contributed by atoms with van der Waals surface area (Å²) >= 11 is 6.49. The number of anilines is 4. The topological polar surface area (TPSA) is 135 Å². The molecule has 0 aliphatic carbocycles. The van der Waals surface area contributed by atoms with Crippen LogP contribution in [-0.4, -0.2) is 60.5 Å². The van der Waals surface area contributed by atoms with E-state index in [1.54, 1.807) is 6.20 Å². The number of fused-ring (bicyclic) bond motifs is 2. The van der Waals surface area contributed by atoms with Crippen molar-refractivity contribution in [2.75, 3.05) is 28.6 Å². The highest BCUT2D eigenvalue weighted by Crippen LogP contribution is 2.33. The number of amides is 2. The van der Waals surface area contributed by atoms with E-state index in [9.17, 15) is 9.59 Å². The van der Waals surface area contributed by atoms with E-state index in [2.05, 4.69) is 49.0 Å². The van der Waals surface area contributed by atoms with Crippen LogP contribution in [0.25, 0.3) is 21.8 Å². The SMILES string of the molecule is C[C@@H]1CN(c2ncc(Cl)c(Nc3ccc4cnn(C)c4c3)n2)CC[C@H]1Nc1ccc2c(C3CCC(=O)NC3=O)nn(C)c2c1. The summed E-state index contributed by atoms with van der Waals surface area (Å²) in [5.74, 6) is 0.593. The molecule has 3 N–H and O–H groups in total. The second-order valence-corrected chi connectivity index (χ2v) is 12.1. The van der Waals surface area contributed by atoms with E-state index in [-0.39, 0.29) is 17.9 Å². The quantitative estimate of drug-likeness (QED) is 0.237. The Morgan fingerprint density at radius 2 is 1.82 bits per heavy atom. The molecule has 0 radical (unpaired) electrons. The molecule has 1 unspecified atom stereocenters. The number of hydrogen-bond donors (Lipinski definition) is 3. The largest absolute Gasteiger partial charge is 0.382 e. The van der Waals surface area contributed by atoms with Gasteiger partial charge < -0.3 is 15.5 Å². The summed E-state index contributed by atoms with van der Waals surface area (Å²) < 4.78 is 3.64. The lowest BCUT2D eigenvalue weighted by atomic mass is 9.92. The van der Waals surface area contributed by atoms with Crippen molar-refractivity contribution in [2.24, 2.45) is 20.0 Å². The van der Waals surface area contributed by atoms with E-state index in [0.717, 1.165) is 58.4 Å². The van der Waals surface area contributed by atoms with Gasteiger partial charge in [0.15, 0.2) is 5.82 Å². The number of imide groups is 1. The van der Waals surface area contributed by atoms with Gasteiger partial charge in [0.25, 0.3) is 0 Å². The monoisotopic (exact) mass is 612 g/mol. The third kappa shape index (κ3) is 5.19. The number of aromatic nitrogens is 6. The van der Waals surface area contributed by atoms with Gasteiger partial charge in [0.2, 0.25) is 17.8 Å². The minimum Gasteiger partial charge on any atom is -0.382 e. The number of carbonyl (C=O) groups is 2. The van der Waals surface area contributed by atoms with E-state index >= 15 is 0 Å². The molecule has 44 heavy (non-hydrogen) atoms. The molecule has 226 valence electrons. The van der Waals surface area contributed by atoms with Gasteiger partial charge in [-0.15, -0.1) is 0 Å². The minimum atomic E-state index is -0.421. The first kappa shape index (κ1) is 28.1. The van der Waals surface area contributed by atoms with E-state index in [4.69, 9.17) is 16.6 Å². The second kappa shape index (κ2) is 11.1. The molecule has 2 aliphatic heterocycles. The zero-order valence-electron chi connectivity index (χ0n) is 24.7. The lowest BCUT2D eigenvalue weighted by molar-refractivity contribution is -0.134. The highest BCUT2D eigenvalue weighted by molar-refractivity contribution is 6.32. The summed E-state index contributed by atoms with van der Waals surface area (Å²) in [6, 6.07) is 12.4. The van der Waals surface area contributed by atoms with Crippen LogP contribution in [0.5, 0.6) is 0 Å². The van der Waals surface area contributed by atoms with Crippen LogP contribution in [-0.2, 0) is 23.7 Å². The van der Waals surface area contributed by atoms with Crippen LogP contribution in [0, 0.1) is 5.92 Å². The lowest BCUT2D eigenvalue weighted by Gasteiger charge is -2.37. The normalized spacial score (nSPS) is 20.7. The Morgan fingerprint density at radius 1 is 1.00 bits per heavy atom. The molecular formula is C31H33ClN10O2. The maximum Gasteiger partial charge on any atom is 0.235 e. The molecule has 2 amide bonds. The lowest BCUT2D eigenvalue weighted by Crippen LogP contribution is -2.46. The van der Waals surface area contributed by atoms with E-state index in [1.165, 1.54) is 0 Å². The number of aryl methyl sites for hydroxylation is 2. The van der Waals surface area contributed by atoms with Crippen molar-refractivity contribution in [3.63, 3.8) is 0 Å². The molecule has 2 saturated heterocycles. The third-order valence-electron chi connectivity index (χ3n) is 8.73. The number of benzene rings is 2. The number of halogens is 1. The molecule has 7 rings (SSSR count).